The molecule has 2 aromatic carbocycles. The van der Waals surface area contributed by atoms with Crippen LogP contribution in [0.3, 0.4) is 0 Å². The van der Waals surface area contributed by atoms with Crippen LogP contribution in [0.25, 0.3) is 0 Å². The Hall–Kier alpha value is -2.41. The third-order valence-electron chi connectivity index (χ3n) is 4.15. The molecule has 27 heavy (non-hydrogen) atoms. The number of para-hydroxylation sites is 1. The Labute approximate surface area is 168 Å². The second-order valence-corrected chi connectivity index (χ2v) is 7.02. The van der Waals surface area contributed by atoms with E-state index in [2.05, 4.69) is 25.2 Å². The summed E-state index contributed by atoms with van der Waals surface area (Å²) in [5.41, 5.74) is 7.81. The fourth-order valence-electron chi connectivity index (χ4n) is 2.56. The zero-order chi connectivity index (χ0) is 19.4. The summed E-state index contributed by atoms with van der Waals surface area (Å²) in [6, 6.07) is 15.2. The molecule has 0 spiro atoms. The van der Waals surface area contributed by atoms with Gasteiger partial charge in [0.25, 0.3) is 0 Å². The smallest absolute Gasteiger partial charge is 0.232 e. The summed E-state index contributed by atoms with van der Waals surface area (Å²) in [7, 11) is 1.98. The second-order valence-electron chi connectivity index (χ2n) is 6.21. The summed E-state index contributed by atoms with van der Waals surface area (Å²) >= 11 is 12.1. The molecule has 140 valence electrons. The number of nitrogens with one attached hydrogen (secondary N) is 1. The molecule has 6 nitrogen and oxygen atoms in total. The van der Waals surface area contributed by atoms with E-state index in [1.807, 2.05) is 56.4 Å². The van der Waals surface area contributed by atoms with Gasteiger partial charge < -0.3 is 11.1 Å². The molecule has 0 fully saturated rings. The van der Waals surface area contributed by atoms with Gasteiger partial charge in [0, 0.05) is 12.2 Å². The number of hydrogen-bond acceptors (Lipinski definition) is 6. The van der Waals surface area contributed by atoms with Crippen LogP contribution in [0.2, 0.25) is 10.0 Å². The fourth-order valence-corrected chi connectivity index (χ4v) is 2.88. The molecule has 1 unspecified atom stereocenters. The first-order valence-electron chi connectivity index (χ1n) is 8.40. The van der Waals surface area contributed by atoms with E-state index in [0.29, 0.717) is 28.4 Å². The lowest BCUT2D eigenvalue weighted by Gasteiger charge is -2.24. The van der Waals surface area contributed by atoms with Gasteiger partial charge >= 0.3 is 0 Å². The SMILES string of the molecule is CC(c1nc(N)nc(Nc2ccccc2)n1)N(C)Cc1ccc(Cl)c(Cl)c1. The van der Waals surface area contributed by atoms with E-state index in [9.17, 15) is 0 Å². The van der Waals surface area contributed by atoms with Crippen molar-refractivity contribution < 1.29 is 0 Å². The van der Waals surface area contributed by atoms with E-state index in [0.717, 1.165) is 11.3 Å². The van der Waals surface area contributed by atoms with Gasteiger partial charge in [-0.05, 0) is 43.8 Å². The lowest BCUT2D eigenvalue weighted by molar-refractivity contribution is 0.244. The number of benzene rings is 2. The van der Waals surface area contributed by atoms with Gasteiger partial charge in [0.15, 0.2) is 5.82 Å². The van der Waals surface area contributed by atoms with E-state index < -0.39 is 0 Å². The number of hydrogen-bond donors (Lipinski definition) is 2. The summed E-state index contributed by atoms with van der Waals surface area (Å²) in [4.78, 5) is 15.1. The first kappa shape index (κ1) is 19.4. The Morgan fingerprint density at radius 2 is 1.78 bits per heavy atom. The van der Waals surface area contributed by atoms with Crippen LogP contribution in [0, 0.1) is 0 Å². The van der Waals surface area contributed by atoms with Gasteiger partial charge in [-0.2, -0.15) is 15.0 Å². The average molecular weight is 403 g/mol. The number of nitrogen functional groups attached to an aromatic ring is 1. The topological polar surface area (TPSA) is 80.0 Å². The monoisotopic (exact) mass is 402 g/mol. The average Bonchev–Trinajstić information content (AvgIpc) is 2.64. The molecule has 0 radical (unpaired) electrons. The Morgan fingerprint density at radius 3 is 2.48 bits per heavy atom. The van der Waals surface area contributed by atoms with Gasteiger partial charge in [-0.3, -0.25) is 4.90 Å². The van der Waals surface area contributed by atoms with E-state index in [-0.39, 0.29) is 12.0 Å². The summed E-state index contributed by atoms with van der Waals surface area (Å²) in [6.07, 6.45) is 0. The molecule has 3 rings (SSSR count). The summed E-state index contributed by atoms with van der Waals surface area (Å²) in [5.74, 6) is 1.18. The highest BCUT2D eigenvalue weighted by atomic mass is 35.5. The molecule has 8 heteroatoms. The maximum atomic E-state index is 6.10. The minimum Gasteiger partial charge on any atom is -0.368 e. The van der Waals surface area contributed by atoms with Crippen LogP contribution < -0.4 is 11.1 Å². The Balaban J connectivity index is 1.76. The molecule has 0 aliphatic carbocycles. The highest BCUT2D eigenvalue weighted by Crippen LogP contribution is 2.25. The maximum Gasteiger partial charge on any atom is 0.232 e. The third-order valence-corrected chi connectivity index (χ3v) is 4.89. The van der Waals surface area contributed by atoms with Crippen molar-refractivity contribution in [3.05, 3.63) is 70.0 Å². The van der Waals surface area contributed by atoms with Crippen LogP contribution in [0.5, 0.6) is 0 Å². The van der Waals surface area contributed by atoms with Gasteiger partial charge in [0.1, 0.15) is 0 Å². The minimum absolute atomic E-state index is 0.0823. The van der Waals surface area contributed by atoms with Gasteiger partial charge in [-0.1, -0.05) is 47.5 Å². The zero-order valence-electron chi connectivity index (χ0n) is 15.0. The van der Waals surface area contributed by atoms with Gasteiger partial charge in [0.05, 0.1) is 16.1 Å². The van der Waals surface area contributed by atoms with Crippen molar-refractivity contribution in [1.29, 1.82) is 0 Å². The normalized spacial score (nSPS) is 12.2. The predicted octanol–water partition coefficient (Wildman–Crippen LogP) is 4.70. The molecular weight excluding hydrogens is 383 g/mol. The largest absolute Gasteiger partial charge is 0.368 e. The van der Waals surface area contributed by atoms with Gasteiger partial charge in [-0.15, -0.1) is 0 Å². The summed E-state index contributed by atoms with van der Waals surface area (Å²) in [6.45, 7) is 2.67. The van der Waals surface area contributed by atoms with Crippen molar-refractivity contribution in [2.24, 2.45) is 0 Å². The summed E-state index contributed by atoms with van der Waals surface area (Å²) < 4.78 is 0. The molecule has 0 saturated heterocycles. The molecule has 0 bridgehead atoms. The first-order chi connectivity index (χ1) is 12.9. The Kier molecular flexibility index (Phi) is 6.11. The van der Waals surface area contributed by atoms with Crippen molar-refractivity contribution in [3.63, 3.8) is 0 Å². The maximum absolute atomic E-state index is 6.10. The molecule has 3 aromatic rings. The third kappa shape index (κ3) is 5.07. The molecule has 0 aliphatic heterocycles. The molecule has 0 saturated carbocycles. The van der Waals surface area contributed by atoms with E-state index in [4.69, 9.17) is 28.9 Å². The van der Waals surface area contributed by atoms with Crippen LogP contribution in [0.1, 0.15) is 24.4 Å². The van der Waals surface area contributed by atoms with Gasteiger partial charge in [0.2, 0.25) is 11.9 Å². The predicted molar refractivity (Wildman–Crippen MR) is 110 cm³/mol. The van der Waals surface area contributed by atoms with Crippen LogP contribution >= 0.6 is 23.2 Å². The van der Waals surface area contributed by atoms with E-state index in [1.54, 1.807) is 6.07 Å². The second kappa shape index (κ2) is 8.52. The van der Waals surface area contributed by atoms with Crippen molar-refractivity contribution >= 4 is 40.8 Å². The summed E-state index contributed by atoms with van der Waals surface area (Å²) in [5, 5.41) is 4.23. The lowest BCUT2D eigenvalue weighted by Crippen LogP contribution is -2.24. The number of aromatic nitrogens is 3. The number of halogens is 2. The van der Waals surface area contributed by atoms with Crippen molar-refractivity contribution in [3.8, 4) is 0 Å². The highest BCUT2D eigenvalue weighted by Gasteiger charge is 2.17. The number of nitrogens with zero attached hydrogens (tertiary/aromatic N) is 4. The molecule has 1 aromatic heterocycles. The van der Waals surface area contributed by atoms with Gasteiger partial charge in [-0.25, -0.2) is 0 Å². The molecule has 1 atom stereocenters. The molecular formula is C19H20Cl2N6. The first-order valence-corrected chi connectivity index (χ1v) is 9.15. The van der Waals surface area contributed by atoms with Crippen molar-refractivity contribution in [2.45, 2.75) is 19.5 Å². The highest BCUT2D eigenvalue weighted by molar-refractivity contribution is 6.42. The number of nitrogens with two attached hydrogens (primary N) is 1. The Bertz CT molecular complexity index is 919. The Morgan fingerprint density at radius 1 is 1.04 bits per heavy atom. The fraction of sp³-hybridized carbons (Fsp3) is 0.211. The number of anilines is 3. The van der Waals surface area contributed by atoms with Crippen LogP contribution in [-0.4, -0.2) is 26.9 Å². The minimum atomic E-state index is -0.0823. The van der Waals surface area contributed by atoms with E-state index >= 15 is 0 Å². The quantitative estimate of drug-likeness (QED) is 0.621. The molecule has 0 amide bonds. The van der Waals surface area contributed by atoms with Crippen molar-refractivity contribution in [1.82, 2.24) is 19.9 Å². The lowest BCUT2D eigenvalue weighted by atomic mass is 10.2. The van der Waals surface area contributed by atoms with E-state index in [1.165, 1.54) is 0 Å². The standard InChI is InChI=1S/C19H20Cl2N6/c1-12(27(2)11-13-8-9-15(20)16(21)10-13)17-24-18(22)26-19(25-17)23-14-6-4-3-5-7-14/h3-10,12H,11H2,1-2H3,(H3,22,23,24,25,26). The zero-order valence-corrected chi connectivity index (χ0v) is 16.5. The molecule has 0 aliphatic rings. The van der Waals surface area contributed by atoms with Crippen molar-refractivity contribution in [2.75, 3.05) is 18.1 Å². The van der Waals surface area contributed by atoms with Crippen LogP contribution in [0.15, 0.2) is 48.5 Å². The van der Waals surface area contributed by atoms with Crippen LogP contribution in [-0.2, 0) is 6.54 Å². The molecule has 1 heterocycles. The number of rotatable bonds is 6. The molecule has 3 N–H and O–H groups in total. The van der Waals surface area contributed by atoms with Crippen LogP contribution in [0.4, 0.5) is 17.6 Å².